The van der Waals surface area contributed by atoms with Crippen LogP contribution >= 0.6 is 0 Å². The maximum Gasteiger partial charge on any atom is 0.316 e. The number of Topliss-reactive ketones (excluding diaryl/α,β-unsaturated/α-hetero) is 1. The lowest BCUT2D eigenvalue weighted by Crippen LogP contribution is -2.51. The van der Waals surface area contributed by atoms with E-state index in [0.29, 0.717) is 35.6 Å². The topological polar surface area (TPSA) is 82.1 Å². The van der Waals surface area contributed by atoms with Gasteiger partial charge < -0.3 is 25.0 Å². The van der Waals surface area contributed by atoms with Crippen molar-refractivity contribution in [1.29, 1.82) is 0 Å². The number of ketones is 1. The molecule has 5 rings (SSSR count). The van der Waals surface area contributed by atoms with E-state index in [2.05, 4.69) is 5.32 Å². The van der Waals surface area contributed by atoms with E-state index < -0.39 is 29.5 Å². The van der Waals surface area contributed by atoms with Gasteiger partial charge in [-0.2, -0.15) is 0 Å². The quantitative estimate of drug-likeness (QED) is 0.728. The Morgan fingerprint density at radius 2 is 2.03 bits per heavy atom. The van der Waals surface area contributed by atoms with E-state index in [1.807, 2.05) is 9.80 Å². The molecule has 3 fully saturated rings. The molecule has 0 bridgehead atoms. The molecule has 8 heteroatoms. The van der Waals surface area contributed by atoms with Gasteiger partial charge in [-0.1, -0.05) is 0 Å². The Kier molecular flexibility index (Phi) is 4.65. The highest BCUT2D eigenvalue weighted by Gasteiger charge is 2.49. The standard InChI is InChI=1S/C22H28FN3O4/c1-11-17(22(28)29)20(27)14-8-15(23)19(21(30-2)18(14)26(11)13-5-6-13)25-9-12-4-3-7-24-16(12)10-25/h8,11-13,16-17,24H,3-7,9-10H2,1-2H3,(H,28,29)/t11?,12-,16+,17?/m0/s1. The van der Waals surface area contributed by atoms with Crippen molar-refractivity contribution in [3.63, 3.8) is 0 Å². The summed E-state index contributed by atoms with van der Waals surface area (Å²) < 4.78 is 21.2. The predicted octanol–water partition coefficient (Wildman–Crippen LogP) is 2.28. The van der Waals surface area contributed by atoms with E-state index in [-0.39, 0.29) is 11.6 Å². The van der Waals surface area contributed by atoms with Gasteiger partial charge in [-0.25, -0.2) is 4.39 Å². The van der Waals surface area contributed by atoms with Gasteiger partial charge in [0.1, 0.15) is 11.6 Å². The molecule has 0 aromatic heterocycles. The Morgan fingerprint density at radius 1 is 1.27 bits per heavy atom. The molecule has 1 aromatic carbocycles. The van der Waals surface area contributed by atoms with Gasteiger partial charge in [-0.05, 0) is 51.1 Å². The van der Waals surface area contributed by atoms with Crippen LogP contribution in [0, 0.1) is 17.7 Å². The molecule has 0 amide bonds. The van der Waals surface area contributed by atoms with Gasteiger partial charge in [-0.15, -0.1) is 0 Å². The molecule has 1 aliphatic carbocycles. The van der Waals surface area contributed by atoms with E-state index in [4.69, 9.17) is 4.74 Å². The number of carbonyl (C=O) groups excluding carboxylic acids is 1. The molecule has 7 nitrogen and oxygen atoms in total. The molecule has 0 spiro atoms. The summed E-state index contributed by atoms with van der Waals surface area (Å²) in [6.07, 6.45) is 4.10. The number of piperidine rings is 1. The number of hydrogen-bond donors (Lipinski definition) is 2. The Morgan fingerprint density at radius 3 is 2.67 bits per heavy atom. The molecule has 4 atom stereocenters. The Labute approximate surface area is 175 Å². The Hall–Kier alpha value is -2.35. The molecular weight excluding hydrogens is 389 g/mol. The summed E-state index contributed by atoms with van der Waals surface area (Å²) in [6.45, 7) is 4.20. The highest BCUT2D eigenvalue weighted by molar-refractivity contribution is 6.15. The SMILES string of the molecule is COc1c(N2C[C@@H]3CCCN[C@@H]3C2)c(F)cc2c1N(C1CC1)C(C)C(C(=O)O)C2=O. The average molecular weight is 417 g/mol. The molecule has 2 N–H and O–H groups in total. The highest BCUT2D eigenvalue weighted by Crippen LogP contribution is 2.51. The summed E-state index contributed by atoms with van der Waals surface area (Å²) in [4.78, 5) is 28.9. The van der Waals surface area contributed by atoms with Crippen LogP contribution < -0.4 is 19.9 Å². The lowest BCUT2D eigenvalue weighted by Gasteiger charge is -2.41. The molecule has 2 unspecified atom stereocenters. The van der Waals surface area contributed by atoms with Crippen molar-refractivity contribution < 1.29 is 23.8 Å². The molecular formula is C22H28FN3O4. The first-order valence-electron chi connectivity index (χ1n) is 10.9. The van der Waals surface area contributed by atoms with Crippen molar-refractivity contribution >= 4 is 23.1 Å². The third-order valence-electron chi connectivity index (χ3n) is 7.24. The first kappa shape index (κ1) is 19.6. The summed E-state index contributed by atoms with van der Waals surface area (Å²) in [6, 6.07) is 1.21. The van der Waals surface area contributed by atoms with E-state index >= 15 is 4.39 Å². The fraction of sp³-hybridized carbons (Fsp3) is 0.636. The number of hydrogen-bond acceptors (Lipinski definition) is 6. The maximum absolute atomic E-state index is 15.4. The van der Waals surface area contributed by atoms with Crippen molar-refractivity contribution in [3.05, 3.63) is 17.4 Å². The number of nitrogens with zero attached hydrogens (tertiary/aromatic N) is 2. The molecule has 4 aliphatic rings. The largest absolute Gasteiger partial charge is 0.492 e. The number of anilines is 2. The minimum Gasteiger partial charge on any atom is -0.492 e. The lowest BCUT2D eigenvalue weighted by molar-refractivity contribution is -0.140. The fourth-order valence-corrected chi connectivity index (χ4v) is 5.71. The maximum atomic E-state index is 15.4. The van der Waals surface area contributed by atoms with Crippen molar-refractivity contribution in [2.75, 3.05) is 36.5 Å². The number of carbonyl (C=O) groups is 2. The van der Waals surface area contributed by atoms with Crippen LogP contribution in [0.3, 0.4) is 0 Å². The fourth-order valence-electron chi connectivity index (χ4n) is 5.71. The second-order valence-electron chi connectivity index (χ2n) is 9.06. The smallest absolute Gasteiger partial charge is 0.316 e. The first-order valence-corrected chi connectivity index (χ1v) is 10.9. The van der Waals surface area contributed by atoms with Crippen LogP contribution in [0.4, 0.5) is 15.8 Å². The second kappa shape index (κ2) is 7.11. The molecule has 30 heavy (non-hydrogen) atoms. The second-order valence-corrected chi connectivity index (χ2v) is 9.06. The van der Waals surface area contributed by atoms with E-state index in [0.717, 1.165) is 38.8 Å². The van der Waals surface area contributed by atoms with Crippen molar-refractivity contribution in [3.8, 4) is 5.75 Å². The Balaban J connectivity index is 1.64. The normalized spacial score (nSPS) is 30.8. The third kappa shape index (κ3) is 2.87. The monoisotopic (exact) mass is 417 g/mol. The number of nitrogens with one attached hydrogen (secondary N) is 1. The van der Waals surface area contributed by atoms with Gasteiger partial charge in [0.25, 0.3) is 0 Å². The zero-order valence-corrected chi connectivity index (χ0v) is 17.4. The van der Waals surface area contributed by atoms with Gasteiger partial charge >= 0.3 is 5.97 Å². The van der Waals surface area contributed by atoms with Crippen molar-refractivity contribution in [2.45, 2.75) is 50.7 Å². The predicted molar refractivity (Wildman–Crippen MR) is 110 cm³/mol. The van der Waals surface area contributed by atoms with Crippen molar-refractivity contribution in [1.82, 2.24) is 5.32 Å². The molecule has 162 valence electrons. The van der Waals surface area contributed by atoms with Crippen LogP contribution in [-0.4, -0.2) is 61.7 Å². The third-order valence-corrected chi connectivity index (χ3v) is 7.24. The summed E-state index contributed by atoms with van der Waals surface area (Å²) in [5.74, 6) is -2.60. The van der Waals surface area contributed by atoms with Gasteiger partial charge in [-0.3, -0.25) is 9.59 Å². The van der Waals surface area contributed by atoms with E-state index in [1.165, 1.54) is 13.2 Å². The number of halogens is 1. The van der Waals surface area contributed by atoms with Gasteiger partial charge in [0, 0.05) is 36.8 Å². The molecule has 1 aromatic rings. The number of carboxylic acid groups (broad SMARTS) is 1. The first-order chi connectivity index (χ1) is 14.4. The molecule has 3 aliphatic heterocycles. The summed E-state index contributed by atoms with van der Waals surface area (Å²) in [7, 11) is 1.50. The van der Waals surface area contributed by atoms with Crippen LogP contribution in [0.5, 0.6) is 5.75 Å². The number of methoxy groups -OCH3 is 1. The minimum absolute atomic E-state index is 0.125. The number of fused-ring (bicyclic) bond motifs is 2. The van der Waals surface area contributed by atoms with Crippen LogP contribution in [0.15, 0.2) is 6.07 Å². The number of carboxylic acids is 1. The van der Waals surface area contributed by atoms with Gasteiger partial charge in [0.2, 0.25) is 0 Å². The minimum atomic E-state index is -1.20. The van der Waals surface area contributed by atoms with Crippen LogP contribution in [0.1, 0.15) is 43.0 Å². The summed E-state index contributed by atoms with van der Waals surface area (Å²) in [5, 5.41) is 13.2. The van der Waals surface area contributed by atoms with Crippen LogP contribution in [0.2, 0.25) is 0 Å². The van der Waals surface area contributed by atoms with Gasteiger partial charge in [0.15, 0.2) is 17.3 Å². The van der Waals surface area contributed by atoms with Crippen LogP contribution in [0.25, 0.3) is 0 Å². The van der Waals surface area contributed by atoms with Gasteiger partial charge in [0.05, 0.1) is 12.8 Å². The molecule has 2 saturated heterocycles. The van der Waals surface area contributed by atoms with Crippen LogP contribution in [-0.2, 0) is 4.79 Å². The number of aliphatic carboxylic acids is 1. The van der Waals surface area contributed by atoms with E-state index in [1.54, 1.807) is 6.92 Å². The number of ether oxygens (including phenoxy) is 1. The number of benzene rings is 1. The average Bonchev–Trinajstić information content (AvgIpc) is 3.45. The molecule has 3 heterocycles. The zero-order chi connectivity index (χ0) is 21.2. The zero-order valence-electron chi connectivity index (χ0n) is 17.4. The molecule has 0 radical (unpaired) electrons. The summed E-state index contributed by atoms with van der Waals surface area (Å²) in [5.41, 5.74) is 1.08. The highest BCUT2D eigenvalue weighted by atomic mass is 19.1. The number of rotatable bonds is 4. The van der Waals surface area contributed by atoms with E-state index in [9.17, 15) is 14.7 Å². The summed E-state index contributed by atoms with van der Waals surface area (Å²) >= 11 is 0. The van der Waals surface area contributed by atoms with Crippen molar-refractivity contribution in [2.24, 2.45) is 11.8 Å². The Bertz CT molecular complexity index is 889. The molecule has 1 saturated carbocycles. The lowest BCUT2D eigenvalue weighted by atomic mass is 9.84.